The van der Waals surface area contributed by atoms with Crippen LogP contribution < -0.4 is 0 Å². The van der Waals surface area contributed by atoms with Crippen molar-refractivity contribution in [3.8, 4) is 0 Å². The van der Waals surface area contributed by atoms with Crippen LogP contribution in [0.3, 0.4) is 0 Å². The standard InChI is InChI=1S/C14H26NO3SSi/c1-6-20(7-2,8-3)18-13(9-15(16)17)14-11(4)10-19-12(14)5/h10,13,20H,6-9H2,1-5H3/q-1. The summed E-state index contributed by atoms with van der Waals surface area (Å²) < 4.78 is 6.43. The van der Waals surface area contributed by atoms with Gasteiger partial charge < -0.3 is 0 Å². The molecule has 20 heavy (non-hydrogen) atoms. The first-order chi connectivity index (χ1) is 9.39. The molecule has 0 amide bonds. The molecule has 0 aliphatic heterocycles. The van der Waals surface area contributed by atoms with Crippen molar-refractivity contribution < 1.29 is 9.35 Å². The van der Waals surface area contributed by atoms with Crippen molar-refractivity contribution in [3.05, 3.63) is 31.5 Å². The summed E-state index contributed by atoms with van der Waals surface area (Å²) in [5.41, 5.74) is 2.17. The Balaban J connectivity index is 3.10. The van der Waals surface area contributed by atoms with Gasteiger partial charge in [0, 0.05) is 0 Å². The van der Waals surface area contributed by atoms with Crippen LogP contribution in [-0.2, 0) is 4.43 Å². The van der Waals surface area contributed by atoms with E-state index in [9.17, 15) is 10.1 Å². The van der Waals surface area contributed by atoms with Gasteiger partial charge in [0.25, 0.3) is 0 Å². The van der Waals surface area contributed by atoms with E-state index in [1.54, 1.807) is 11.3 Å². The van der Waals surface area contributed by atoms with Crippen molar-refractivity contribution in [2.45, 2.75) is 58.9 Å². The molecule has 0 aliphatic rings. The average molecular weight is 317 g/mol. The summed E-state index contributed by atoms with van der Waals surface area (Å²) in [6.45, 7) is 10.4. The van der Waals surface area contributed by atoms with Gasteiger partial charge in [-0.25, -0.2) is 0 Å². The molecule has 6 heteroatoms. The molecule has 0 saturated carbocycles. The van der Waals surface area contributed by atoms with Gasteiger partial charge in [-0.15, -0.1) is 0 Å². The molecule has 0 spiro atoms. The molecule has 4 nitrogen and oxygen atoms in total. The number of rotatable bonds is 8. The molecule has 1 aromatic heterocycles. The summed E-state index contributed by atoms with van der Waals surface area (Å²) in [5, 5.41) is 13.1. The van der Waals surface area contributed by atoms with Crippen molar-refractivity contribution in [2.24, 2.45) is 0 Å². The molecule has 0 radical (unpaired) electrons. The van der Waals surface area contributed by atoms with E-state index in [4.69, 9.17) is 4.43 Å². The van der Waals surface area contributed by atoms with E-state index >= 15 is 0 Å². The summed E-state index contributed by atoms with van der Waals surface area (Å²) in [5.74, 6) is 0. The predicted octanol–water partition coefficient (Wildman–Crippen LogP) is 4.44. The zero-order valence-electron chi connectivity index (χ0n) is 13.1. The summed E-state index contributed by atoms with van der Waals surface area (Å²) >= 11 is 1.65. The molecular weight excluding hydrogens is 290 g/mol. The topological polar surface area (TPSA) is 52.4 Å². The molecule has 0 saturated heterocycles. The normalized spacial score (nSPS) is 14.2. The van der Waals surface area contributed by atoms with Gasteiger partial charge in [0.2, 0.25) is 0 Å². The molecule has 1 aromatic rings. The van der Waals surface area contributed by atoms with Gasteiger partial charge in [0.05, 0.1) is 0 Å². The molecule has 116 valence electrons. The SMILES string of the molecule is CC[SiH-](CC)(CC)OC(C[N+](=O)[O-])c1c(C)csc1C. The second-order valence-electron chi connectivity index (χ2n) is 5.62. The quantitative estimate of drug-likeness (QED) is 0.405. The summed E-state index contributed by atoms with van der Waals surface area (Å²) in [6.07, 6.45) is -0.374. The zero-order valence-corrected chi connectivity index (χ0v) is 15.1. The molecule has 0 fully saturated rings. The van der Waals surface area contributed by atoms with Crippen LogP contribution in [0.2, 0.25) is 18.1 Å². The Labute approximate surface area is 126 Å². The van der Waals surface area contributed by atoms with E-state index in [-0.39, 0.29) is 17.6 Å². The number of nitrogens with zero attached hydrogens (tertiary/aromatic N) is 1. The predicted molar refractivity (Wildman–Crippen MR) is 88.1 cm³/mol. The molecule has 1 rings (SSSR count). The van der Waals surface area contributed by atoms with E-state index < -0.39 is 8.32 Å². The molecular formula is C14H26NO3SSi-. The molecule has 0 N–H and O–H groups in total. The van der Waals surface area contributed by atoms with E-state index in [1.165, 1.54) is 0 Å². The average Bonchev–Trinajstić information content (AvgIpc) is 2.74. The Morgan fingerprint density at radius 3 is 2.20 bits per heavy atom. The van der Waals surface area contributed by atoms with E-state index in [0.717, 1.165) is 34.1 Å². The fourth-order valence-electron chi connectivity index (χ4n) is 2.90. The first kappa shape index (κ1) is 17.3. The van der Waals surface area contributed by atoms with Gasteiger partial charge in [-0.2, -0.15) is 0 Å². The Hall–Kier alpha value is -0.723. The number of hydrogen-bond donors (Lipinski definition) is 0. The van der Waals surface area contributed by atoms with Crippen molar-refractivity contribution in [1.29, 1.82) is 0 Å². The van der Waals surface area contributed by atoms with E-state index in [1.807, 2.05) is 13.8 Å². The Kier molecular flexibility index (Phi) is 6.35. The molecule has 0 aliphatic carbocycles. The van der Waals surface area contributed by atoms with Crippen molar-refractivity contribution >= 4 is 19.7 Å². The minimum atomic E-state index is -2.17. The Bertz CT molecular complexity index is 430. The van der Waals surface area contributed by atoms with Crippen LogP contribution in [0, 0.1) is 24.0 Å². The number of aryl methyl sites for hydroxylation is 2. The maximum atomic E-state index is 11.0. The van der Waals surface area contributed by atoms with Crippen LogP contribution in [0.15, 0.2) is 5.38 Å². The van der Waals surface area contributed by atoms with Crippen LogP contribution in [0.5, 0.6) is 0 Å². The van der Waals surface area contributed by atoms with Crippen LogP contribution in [-0.4, -0.2) is 19.8 Å². The van der Waals surface area contributed by atoms with Crippen LogP contribution in [0.1, 0.15) is 42.9 Å². The number of hydrogen-bond acceptors (Lipinski definition) is 4. The third kappa shape index (κ3) is 3.90. The fraction of sp³-hybridized carbons (Fsp3) is 0.714. The van der Waals surface area contributed by atoms with Gasteiger partial charge in [0.1, 0.15) is 0 Å². The number of nitro groups is 1. The van der Waals surface area contributed by atoms with Crippen molar-refractivity contribution in [3.63, 3.8) is 0 Å². The monoisotopic (exact) mass is 316 g/mol. The summed E-state index contributed by atoms with van der Waals surface area (Å²) in [7, 11) is -2.17. The molecule has 1 atom stereocenters. The van der Waals surface area contributed by atoms with Crippen LogP contribution >= 0.6 is 11.3 Å². The zero-order chi connectivity index (χ0) is 15.3. The number of thiophene rings is 1. The molecule has 0 bridgehead atoms. The first-order valence-electron chi connectivity index (χ1n) is 7.42. The molecule has 0 aromatic carbocycles. The molecule has 1 unspecified atom stereocenters. The maximum absolute atomic E-state index is 11.0. The van der Waals surface area contributed by atoms with Gasteiger partial charge >= 0.3 is 126 Å². The Morgan fingerprint density at radius 2 is 1.85 bits per heavy atom. The van der Waals surface area contributed by atoms with Gasteiger partial charge in [-0.1, -0.05) is 0 Å². The second-order valence-corrected chi connectivity index (χ2v) is 12.2. The van der Waals surface area contributed by atoms with Gasteiger partial charge in [0.15, 0.2) is 0 Å². The Morgan fingerprint density at radius 1 is 1.30 bits per heavy atom. The van der Waals surface area contributed by atoms with Crippen LogP contribution in [0.4, 0.5) is 0 Å². The van der Waals surface area contributed by atoms with Crippen molar-refractivity contribution in [1.82, 2.24) is 0 Å². The van der Waals surface area contributed by atoms with E-state index in [2.05, 4.69) is 26.2 Å². The first-order valence-corrected chi connectivity index (χ1v) is 11.2. The third-order valence-electron chi connectivity index (χ3n) is 4.54. The molecule has 1 heterocycles. The third-order valence-corrected chi connectivity index (χ3v) is 11.0. The van der Waals surface area contributed by atoms with Gasteiger partial charge in [-0.05, 0) is 0 Å². The fourth-order valence-corrected chi connectivity index (χ4v) is 7.03. The summed E-state index contributed by atoms with van der Waals surface area (Å²) in [6, 6.07) is 3.11. The summed E-state index contributed by atoms with van der Waals surface area (Å²) in [4.78, 5) is 11.9. The second kappa shape index (κ2) is 7.33. The van der Waals surface area contributed by atoms with Crippen molar-refractivity contribution in [2.75, 3.05) is 6.54 Å². The van der Waals surface area contributed by atoms with E-state index in [0.29, 0.717) is 0 Å². The van der Waals surface area contributed by atoms with Crippen LogP contribution in [0.25, 0.3) is 0 Å². The minimum absolute atomic E-state index is 0.125. The van der Waals surface area contributed by atoms with Gasteiger partial charge in [-0.3, -0.25) is 0 Å².